The SMILES string of the molecule is CNC(=O)c1cccc(CNC(=O)C[C@@H]2CCOC2)c1. The van der Waals surface area contributed by atoms with Gasteiger partial charge in [-0.05, 0) is 30.0 Å². The van der Waals surface area contributed by atoms with E-state index in [-0.39, 0.29) is 11.8 Å². The van der Waals surface area contributed by atoms with Gasteiger partial charge in [-0.3, -0.25) is 9.59 Å². The van der Waals surface area contributed by atoms with E-state index < -0.39 is 0 Å². The van der Waals surface area contributed by atoms with Crippen LogP contribution in [0.1, 0.15) is 28.8 Å². The summed E-state index contributed by atoms with van der Waals surface area (Å²) in [5.41, 5.74) is 1.52. The molecule has 5 heteroatoms. The molecule has 20 heavy (non-hydrogen) atoms. The number of amides is 2. The molecule has 5 nitrogen and oxygen atoms in total. The van der Waals surface area contributed by atoms with Crippen LogP contribution < -0.4 is 10.6 Å². The molecule has 0 spiro atoms. The van der Waals surface area contributed by atoms with Crippen molar-refractivity contribution in [3.05, 3.63) is 35.4 Å². The highest BCUT2D eigenvalue weighted by atomic mass is 16.5. The Bertz CT molecular complexity index is 482. The number of nitrogens with one attached hydrogen (secondary N) is 2. The first kappa shape index (κ1) is 14.5. The molecule has 2 N–H and O–H groups in total. The molecule has 1 aliphatic rings. The average Bonchev–Trinajstić information content (AvgIpc) is 2.97. The van der Waals surface area contributed by atoms with Crippen molar-refractivity contribution >= 4 is 11.8 Å². The van der Waals surface area contributed by atoms with Crippen molar-refractivity contribution in [2.45, 2.75) is 19.4 Å². The highest BCUT2D eigenvalue weighted by Gasteiger charge is 2.18. The van der Waals surface area contributed by atoms with E-state index >= 15 is 0 Å². The van der Waals surface area contributed by atoms with Crippen molar-refractivity contribution in [1.29, 1.82) is 0 Å². The molecule has 2 rings (SSSR count). The minimum atomic E-state index is -0.124. The van der Waals surface area contributed by atoms with Crippen LogP contribution >= 0.6 is 0 Å². The van der Waals surface area contributed by atoms with Gasteiger partial charge in [-0.15, -0.1) is 0 Å². The topological polar surface area (TPSA) is 67.4 Å². The normalized spacial score (nSPS) is 17.8. The average molecular weight is 276 g/mol. The fourth-order valence-corrected chi connectivity index (χ4v) is 2.25. The maximum atomic E-state index is 11.8. The molecule has 1 aromatic carbocycles. The van der Waals surface area contributed by atoms with Gasteiger partial charge in [-0.1, -0.05) is 12.1 Å². The van der Waals surface area contributed by atoms with E-state index in [4.69, 9.17) is 4.74 Å². The number of carbonyl (C=O) groups is 2. The summed E-state index contributed by atoms with van der Waals surface area (Å²) in [6.45, 7) is 1.88. The highest BCUT2D eigenvalue weighted by molar-refractivity contribution is 5.94. The van der Waals surface area contributed by atoms with E-state index in [2.05, 4.69) is 10.6 Å². The number of hydrogen-bond acceptors (Lipinski definition) is 3. The van der Waals surface area contributed by atoms with Gasteiger partial charge in [0.1, 0.15) is 0 Å². The monoisotopic (exact) mass is 276 g/mol. The highest BCUT2D eigenvalue weighted by Crippen LogP contribution is 2.16. The van der Waals surface area contributed by atoms with Crippen LogP contribution in [-0.4, -0.2) is 32.1 Å². The maximum Gasteiger partial charge on any atom is 0.251 e. The molecule has 1 saturated heterocycles. The molecule has 0 unspecified atom stereocenters. The zero-order chi connectivity index (χ0) is 14.4. The quantitative estimate of drug-likeness (QED) is 0.846. The molecule has 1 atom stereocenters. The van der Waals surface area contributed by atoms with E-state index in [9.17, 15) is 9.59 Å². The van der Waals surface area contributed by atoms with Crippen LogP contribution in [0, 0.1) is 5.92 Å². The van der Waals surface area contributed by atoms with Crippen molar-refractivity contribution in [1.82, 2.24) is 10.6 Å². The Morgan fingerprint density at radius 3 is 2.95 bits per heavy atom. The molecule has 0 bridgehead atoms. The number of carbonyl (C=O) groups excluding carboxylic acids is 2. The van der Waals surface area contributed by atoms with Gasteiger partial charge < -0.3 is 15.4 Å². The van der Waals surface area contributed by atoms with Gasteiger partial charge in [0.25, 0.3) is 5.91 Å². The zero-order valence-corrected chi connectivity index (χ0v) is 11.6. The molecule has 0 saturated carbocycles. The lowest BCUT2D eigenvalue weighted by molar-refractivity contribution is -0.122. The number of hydrogen-bond donors (Lipinski definition) is 2. The van der Waals surface area contributed by atoms with Crippen LogP contribution in [0.3, 0.4) is 0 Å². The van der Waals surface area contributed by atoms with Gasteiger partial charge >= 0.3 is 0 Å². The molecular weight excluding hydrogens is 256 g/mol. The molecule has 108 valence electrons. The smallest absolute Gasteiger partial charge is 0.251 e. The standard InChI is InChI=1S/C15H20N2O3/c1-16-15(19)13-4-2-3-11(7-13)9-17-14(18)8-12-5-6-20-10-12/h2-4,7,12H,5-6,8-10H2,1H3,(H,16,19)(H,17,18)/t12-/m0/s1. The Hall–Kier alpha value is -1.88. The summed E-state index contributed by atoms with van der Waals surface area (Å²) < 4.78 is 5.25. The van der Waals surface area contributed by atoms with E-state index in [1.165, 1.54) is 0 Å². The van der Waals surface area contributed by atoms with Crippen LogP contribution in [-0.2, 0) is 16.1 Å². The van der Waals surface area contributed by atoms with Crippen LogP contribution in [0.4, 0.5) is 0 Å². The van der Waals surface area contributed by atoms with Crippen molar-refractivity contribution < 1.29 is 14.3 Å². The van der Waals surface area contributed by atoms with Crippen molar-refractivity contribution in [2.75, 3.05) is 20.3 Å². The van der Waals surface area contributed by atoms with Gasteiger partial charge in [0.2, 0.25) is 5.91 Å². The largest absolute Gasteiger partial charge is 0.381 e. The molecule has 0 radical (unpaired) electrons. The molecule has 1 aliphatic heterocycles. The zero-order valence-electron chi connectivity index (χ0n) is 11.6. The predicted octanol–water partition coefficient (Wildman–Crippen LogP) is 1.09. The molecule has 0 aliphatic carbocycles. The summed E-state index contributed by atoms with van der Waals surface area (Å²) in [6, 6.07) is 7.25. The first-order chi connectivity index (χ1) is 9.69. The second-order valence-electron chi connectivity index (χ2n) is 4.99. The lowest BCUT2D eigenvalue weighted by atomic mass is 10.0. The molecule has 2 amide bonds. The fourth-order valence-electron chi connectivity index (χ4n) is 2.25. The van der Waals surface area contributed by atoms with Crippen LogP contribution in [0.25, 0.3) is 0 Å². The van der Waals surface area contributed by atoms with E-state index in [0.29, 0.717) is 31.1 Å². The summed E-state index contributed by atoms with van der Waals surface area (Å²) in [5.74, 6) is 0.249. The van der Waals surface area contributed by atoms with Crippen LogP contribution in [0.2, 0.25) is 0 Å². The van der Waals surface area contributed by atoms with E-state index in [1.807, 2.05) is 12.1 Å². The Balaban J connectivity index is 1.83. The van der Waals surface area contributed by atoms with Gasteiger partial charge in [0.05, 0.1) is 0 Å². The number of rotatable bonds is 5. The predicted molar refractivity (Wildman–Crippen MR) is 75.2 cm³/mol. The van der Waals surface area contributed by atoms with E-state index in [1.54, 1.807) is 19.2 Å². The summed E-state index contributed by atoms with van der Waals surface area (Å²) in [5, 5.41) is 5.47. The van der Waals surface area contributed by atoms with Gasteiger partial charge in [0, 0.05) is 38.8 Å². The number of benzene rings is 1. The minimum absolute atomic E-state index is 0.0332. The summed E-state index contributed by atoms with van der Waals surface area (Å²) in [6.07, 6.45) is 1.47. The Labute approximate surface area is 118 Å². The van der Waals surface area contributed by atoms with Crippen LogP contribution in [0.5, 0.6) is 0 Å². The van der Waals surface area contributed by atoms with E-state index in [0.717, 1.165) is 18.6 Å². The summed E-state index contributed by atoms with van der Waals surface area (Å²) in [4.78, 5) is 23.3. The van der Waals surface area contributed by atoms with Crippen molar-refractivity contribution in [3.8, 4) is 0 Å². The van der Waals surface area contributed by atoms with Crippen molar-refractivity contribution in [2.24, 2.45) is 5.92 Å². The van der Waals surface area contributed by atoms with Gasteiger partial charge in [-0.2, -0.15) is 0 Å². The van der Waals surface area contributed by atoms with Crippen LogP contribution in [0.15, 0.2) is 24.3 Å². The summed E-state index contributed by atoms with van der Waals surface area (Å²) in [7, 11) is 1.60. The maximum absolute atomic E-state index is 11.8. The van der Waals surface area contributed by atoms with Gasteiger partial charge in [0.15, 0.2) is 0 Å². The second kappa shape index (κ2) is 7.05. The molecular formula is C15H20N2O3. The lowest BCUT2D eigenvalue weighted by Crippen LogP contribution is -2.25. The second-order valence-corrected chi connectivity index (χ2v) is 4.99. The third kappa shape index (κ3) is 4.06. The molecule has 1 fully saturated rings. The van der Waals surface area contributed by atoms with Gasteiger partial charge in [-0.25, -0.2) is 0 Å². The number of ether oxygens (including phenoxy) is 1. The molecule has 1 heterocycles. The fraction of sp³-hybridized carbons (Fsp3) is 0.467. The summed E-state index contributed by atoms with van der Waals surface area (Å²) >= 11 is 0. The van der Waals surface area contributed by atoms with Crippen molar-refractivity contribution in [3.63, 3.8) is 0 Å². The Morgan fingerprint density at radius 2 is 2.25 bits per heavy atom. The lowest BCUT2D eigenvalue weighted by Gasteiger charge is -2.09. The third-order valence-electron chi connectivity index (χ3n) is 3.40. The minimum Gasteiger partial charge on any atom is -0.381 e. The Kier molecular flexibility index (Phi) is 5.12. The first-order valence-corrected chi connectivity index (χ1v) is 6.84. The molecule has 1 aromatic rings. The third-order valence-corrected chi connectivity index (χ3v) is 3.40. The first-order valence-electron chi connectivity index (χ1n) is 6.84. The molecule has 0 aromatic heterocycles. The Morgan fingerprint density at radius 1 is 1.40 bits per heavy atom.